The highest BCUT2D eigenvalue weighted by Gasteiger charge is 2.72. The second-order valence-corrected chi connectivity index (χ2v) is 8.27. The summed E-state index contributed by atoms with van der Waals surface area (Å²) in [4.78, 5) is 27.8. The topological polar surface area (TPSA) is 59.8 Å². The average Bonchev–Trinajstić information content (AvgIpc) is 3.21. The maximum absolute atomic E-state index is 13.2. The molecule has 25 heavy (non-hydrogen) atoms. The van der Waals surface area contributed by atoms with Crippen LogP contribution in [0.3, 0.4) is 0 Å². The summed E-state index contributed by atoms with van der Waals surface area (Å²) in [5.41, 5.74) is -0.0597. The maximum Gasteiger partial charge on any atom is 0.240 e. The zero-order valence-electron chi connectivity index (χ0n) is 14.3. The number of nitrogens with zero attached hydrogens (tertiary/aromatic N) is 1. The molecule has 5 nitrogen and oxygen atoms in total. The lowest BCUT2D eigenvalue weighted by Gasteiger charge is -2.27. The zero-order valence-corrected chi connectivity index (χ0v) is 15.0. The van der Waals surface area contributed by atoms with Crippen LogP contribution >= 0.6 is 11.6 Å². The van der Waals surface area contributed by atoms with Crippen LogP contribution in [0.5, 0.6) is 0 Å². The lowest BCUT2D eigenvalue weighted by molar-refractivity contribution is -0.129. The zero-order chi connectivity index (χ0) is 17.7. The number of imide groups is 1. The van der Waals surface area contributed by atoms with Gasteiger partial charge in [0.1, 0.15) is 5.76 Å². The Kier molecular flexibility index (Phi) is 2.75. The van der Waals surface area contributed by atoms with E-state index < -0.39 is 23.0 Å². The summed E-state index contributed by atoms with van der Waals surface area (Å²) >= 11 is 6.22. The van der Waals surface area contributed by atoms with E-state index in [-0.39, 0.29) is 11.8 Å². The number of hydrogen-bond donors (Lipinski definition) is 0. The number of furan rings is 1. The monoisotopic (exact) mass is 359 g/mol. The molecule has 3 unspecified atom stereocenters. The predicted octanol–water partition coefficient (Wildman–Crippen LogP) is 3.84. The number of hydrogen-bond acceptors (Lipinski definition) is 4. The van der Waals surface area contributed by atoms with Crippen molar-refractivity contribution in [3.05, 3.63) is 29.0 Å². The molecule has 2 bridgehead atoms. The Morgan fingerprint density at radius 2 is 1.72 bits per heavy atom. The summed E-state index contributed by atoms with van der Waals surface area (Å²) in [6.07, 6.45) is 1.61. The predicted molar refractivity (Wildman–Crippen MR) is 92.6 cm³/mol. The molecule has 3 aliphatic heterocycles. The molecule has 6 heteroatoms. The Bertz CT molecular complexity index is 932. The van der Waals surface area contributed by atoms with Gasteiger partial charge in [-0.25, -0.2) is 4.90 Å². The van der Waals surface area contributed by atoms with Gasteiger partial charge in [0.25, 0.3) is 0 Å². The van der Waals surface area contributed by atoms with Crippen LogP contribution in [0.4, 0.5) is 5.69 Å². The molecule has 130 valence electrons. The summed E-state index contributed by atoms with van der Waals surface area (Å²) in [6, 6.07) is 5.22. The first-order chi connectivity index (χ1) is 11.8. The van der Waals surface area contributed by atoms with Crippen LogP contribution < -0.4 is 4.90 Å². The molecule has 1 aromatic carbocycles. The van der Waals surface area contributed by atoms with Gasteiger partial charge in [-0.15, -0.1) is 0 Å². The van der Waals surface area contributed by atoms with Gasteiger partial charge in [-0.1, -0.05) is 11.6 Å². The van der Waals surface area contributed by atoms with Crippen LogP contribution in [-0.2, 0) is 14.3 Å². The molecule has 5 rings (SSSR count). The Labute approximate surface area is 149 Å². The van der Waals surface area contributed by atoms with Crippen LogP contribution in [0.15, 0.2) is 22.6 Å². The first-order valence-corrected chi connectivity index (χ1v) is 8.90. The summed E-state index contributed by atoms with van der Waals surface area (Å²) in [6.45, 7) is 5.73. The minimum absolute atomic E-state index is 0.177. The minimum Gasteiger partial charge on any atom is -0.460 e. The number of amides is 2. The molecule has 0 radical (unpaired) electrons. The van der Waals surface area contributed by atoms with Crippen LogP contribution in [0.25, 0.3) is 11.0 Å². The van der Waals surface area contributed by atoms with Gasteiger partial charge < -0.3 is 9.15 Å². The van der Waals surface area contributed by atoms with Crippen LogP contribution in [-0.4, -0.2) is 23.0 Å². The number of fused-ring (bicyclic) bond motifs is 6. The van der Waals surface area contributed by atoms with E-state index in [9.17, 15) is 9.59 Å². The Morgan fingerprint density at radius 1 is 1.12 bits per heavy atom. The number of anilines is 1. The number of rotatable bonds is 1. The first kappa shape index (κ1) is 15.4. The molecular weight excluding hydrogens is 342 g/mol. The fourth-order valence-corrected chi connectivity index (χ4v) is 5.30. The number of aryl methyl sites for hydroxylation is 1. The fraction of sp³-hybridized carbons (Fsp3) is 0.474. The maximum atomic E-state index is 13.2. The van der Waals surface area contributed by atoms with Gasteiger partial charge in [-0.05, 0) is 51.8 Å². The van der Waals surface area contributed by atoms with Crippen molar-refractivity contribution in [3.8, 4) is 0 Å². The molecule has 0 saturated carbocycles. The molecule has 4 heterocycles. The third-order valence-corrected chi connectivity index (χ3v) is 6.48. The number of carbonyl (C=O) groups excluding carboxylic acids is 2. The van der Waals surface area contributed by atoms with Crippen molar-refractivity contribution in [3.63, 3.8) is 0 Å². The van der Waals surface area contributed by atoms with Crippen LogP contribution in [0.2, 0.25) is 5.02 Å². The summed E-state index contributed by atoms with van der Waals surface area (Å²) in [7, 11) is 0. The van der Waals surface area contributed by atoms with E-state index in [0.29, 0.717) is 27.4 Å². The standard InChI is InChI=1S/C19H18ClNO4/c1-9-8-10-12(5-4-11(20)15(10)24-9)21-16(22)13-14(17(21)23)19(3)7-6-18(13,2)25-19/h4-5,8,13-14H,6-7H2,1-3H3/t13-,14?,18?,19?/m0/s1. The van der Waals surface area contributed by atoms with E-state index in [4.69, 9.17) is 20.8 Å². The second kappa shape index (κ2) is 4.46. The van der Waals surface area contributed by atoms with Crippen molar-refractivity contribution in [2.24, 2.45) is 11.8 Å². The van der Waals surface area contributed by atoms with Crippen LogP contribution in [0, 0.1) is 18.8 Å². The van der Waals surface area contributed by atoms with Gasteiger partial charge in [-0.3, -0.25) is 9.59 Å². The average molecular weight is 360 g/mol. The molecule has 4 atom stereocenters. The Morgan fingerprint density at radius 3 is 2.32 bits per heavy atom. The van der Waals surface area contributed by atoms with Crippen molar-refractivity contribution in [2.45, 2.75) is 44.8 Å². The highest BCUT2D eigenvalue weighted by Crippen LogP contribution is 2.61. The van der Waals surface area contributed by atoms with Gasteiger partial charge in [0.2, 0.25) is 11.8 Å². The van der Waals surface area contributed by atoms with Crippen molar-refractivity contribution in [1.29, 1.82) is 0 Å². The number of halogens is 1. The van der Waals surface area contributed by atoms with E-state index in [1.807, 2.05) is 26.8 Å². The molecule has 3 aliphatic rings. The van der Waals surface area contributed by atoms with Gasteiger partial charge in [-0.2, -0.15) is 0 Å². The SMILES string of the molecule is Cc1cc2c(N3C(=O)C4[C@@H](C3=O)C3(C)CCC4(C)O3)ccc(Cl)c2o1. The molecule has 0 N–H and O–H groups in total. The van der Waals surface area contributed by atoms with Crippen molar-refractivity contribution in [1.82, 2.24) is 0 Å². The molecule has 0 spiro atoms. The molecule has 3 fully saturated rings. The minimum atomic E-state index is -0.557. The highest BCUT2D eigenvalue weighted by atomic mass is 35.5. The third-order valence-electron chi connectivity index (χ3n) is 6.18. The lowest BCUT2D eigenvalue weighted by atomic mass is 9.69. The largest absolute Gasteiger partial charge is 0.460 e. The number of benzene rings is 1. The lowest BCUT2D eigenvalue weighted by Crippen LogP contribution is -2.40. The third kappa shape index (κ3) is 1.73. The van der Waals surface area contributed by atoms with E-state index in [1.165, 1.54) is 4.90 Å². The normalized spacial score (nSPS) is 36.7. The van der Waals surface area contributed by atoms with E-state index in [0.717, 1.165) is 12.8 Å². The number of ether oxygens (including phenoxy) is 1. The van der Waals surface area contributed by atoms with Crippen LogP contribution in [0.1, 0.15) is 32.4 Å². The molecule has 2 aromatic rings. The molecule has 1 aromatic heterocycles. The van der Waals surface area contributed by atoms with Gasteiger partial charge in [0, 0.05) is 5.39 Å². The van der Waals surface area contributed by atoms with Crippen molar-refractivity contribution < 1.29 is 18.7 Å². The summed E-state index contributed by atoms with van der Waals surface area (Å²) in [5.74, 6) is -0.507. The van der Waals surface area contributed by atoms with Crippen molar-refractivity contribution >= 4 is 40.1 Å². The first-order valence-electron chi connectivity index (χ1n) is 8.52. The van der Waals surface area contributed by atoms with E-state index in [2.05, 4.69) is 0 Å². The molecular formula is C19H18ClNO4. The summed E-state index contributed by atoms with van der Waals surface area (Å²) < 4.78 is 11.8. The highest BCUT2D eigenvalue weighted by molar-refractivity contribution is 6.36. The Hall–Kier alpha value is -1.85. The molecule has 3 saturated heterocycles. The fourth-order valence-electron chi connectivity index (χ4n) is 5.10. The van der Waals surface area contributed by atoms with Crippen molar-refractivity contribution in [2.75, 3.05) is 4.90 Å². The second-order valence-electron chi connectivity index (χ2n) is 7.86. The molecule has 2 amide bonds. The smallest absolute Gasteiger partial charge is 0.240 e. The number of carbonyl (C=O) groups is 2. The quantitative estimate of drug-likeness (QED) is 0.726. The van der Waals surface area contributed by atoms with Gasteiger partial charge >= 0.3 is 0 Å². The van der Waals surface area contributed by atoms with E-state index >= 15 is 0 Å². The summed E-state index contributed by atoms with van der Waals surface area (Å²) in [5, 5.41) is 1.16. The molecule has 0 aliphatic carbocycles. The van der Waals surface area contributed by atoms with Gasteiger partial charge in [0.05, 0.1) is 33.7 Å². The Balaban J connectivity index is 1.69. The van der Waals surface area contributed by atoms with Gasteiger partial charge in [0.15, 0.2) is 5.58 Å². The van der Waals surface area contributed by atoms with E-state index in [1.54, 1.807) is 12.1 Å².